The van der Waals surface area contributed by atoms with Crippen LogP contribution < -0.4 is 4.90 Å². The van der Waals surface area contributed by atoms with Crippen molar-refractivity contribution < 1.29 is 0 Å². The lowest BCUT2D eigenvalue weighted by Crippen LogP contribution is -2.38. The van der Waals surface area contributed by atoms with Crippen LogP contribution in [0.2, 0.25) is 0 Å². The van der Waals surface area contributed by atoms with Crippen LogP contribution in [0, 0.1) is 0 Å². The summed E-state index contributed by atoms with van der Waals surface area (Å²) in [6, 6.07) is 57.6. The molecule has 1 heteroatoms. The van der Waals surface area contributed by atoms with Gasteiger partial charge in [-0.25, -0.2) is 0 Å². The van der Waals surface area contributed by atoms with Crippen molar-refractivity contribution >= 4 is 38.6 Å². The van der Waals surface area contributed by atoms with E-state index in [2.05, 4.69) is 198 Å². The smallest absolute Gasteiger partial charge is 0.0543 e. The van der Waals surface area contributed by atoms with Gasteiger partial charge in [0.25, 0.3) is 0 Å². The van der Waals surface area contributed by atoms with Crippen LogP contribution in [0.4, 0.5) is 17.1 Å². The highest BCUT2D eigenvalue weighted by Crippen LogP contribution is 2.60. The molecular weight excluding hydrogens is 651 g/mol. The van der Waals surface area contributed by atoms with Gasteiger partial charge in [-0.15, -0.1) is 0 Å². The third kappa shape index (κ3) is 3.94. The van der Waals surface area contributed by atoms with Crippen molar-refractivity contribution in [3.8, 4) is 33.4 Å². The van der Waals surface area contributed by atoms with Crippen molar-refractivity contribution in [3.05, 3.63) is 185 Å². The molecule has 0 saturated carbocycles. The Hall–Kier alpha value is -5.92. The molecule has 8 aromatic carbocycles. The van der Waals surface area contributed by atoms with E-state index in [1.165, 1.54) is 105 Å². The van der Waals surface area contributed by atoms with E-state index in [0.29, 0.717) is 0 Å². The number of hydrogen-bond acceptors (Lipinski definition) is 1. The fourth-order valence-electron chi connectivity index (χ4n) is 10.6. The summed E-state index contributed by atoms with van der Waals surface area (Å²) in [4.78, 5) is 2.56. The molecule has 0 atom stereocenters. The number of benzene rings is 8. The Kier molecular flexibility index (Phi) is 6.21. The van der Waals surface area contributed by atoms with Crippen molar-refractivity contribution in [2.45, 2.75) is 57.8 Å². The predicted octanol–water partition coefficient (Wildman–Crippen LogP) is 14.4. The lowest BCUT2D eigenvalue weighted by Gasteiger charge is -2.49. The molecule has 0 fully saturated rings. The summed E-state index contributed by atoms with van der Waals surface area (Å²) in [5, 5.41) is 5.16. The van der Waals surface area contributed by atoms with E-state index in [4.69, 9.17) is 0 Å². The van der Waals surface area contributed by atoms with E-state index in [1.54, 1.807) is 0 Å². The fraction of sp³-hybridized carbons (Fsp3) is 0.170. The number of rotatable bonds is 2. The van der Waals surface area contributed by atoms with Crippen molar-refractivity contribution in [2.24, 2.45) is 0 Å². The molecule has 0 unspecified atom stereocenters. The average molecular weight is 694 g/mol. The zero-order valence-electron chi connectivity index (χ0n) is 31.9. The lowest BCUT2D eigenvalue weighted by molar-refractivity contribution is 0.597. The summed E-state index contributed by atoms with van der Waals surface area (Å²) >= 11 is 0. The highest BCUT2D eigenvalue weighted by molar-refractivity contribution is 6.21. The van der Waals surface area contributed by atoms with Gasteiger partial charge in [0.2, 0.25) is 0 Å². The molecule has 0 spiro atoms. The minimum absolute atomic E-state index is 0.0621. The van der Waals surface area contributed by atoms with E-state index >= 15 is 0 Å². The van der Waals surface area contributed by atoms with Crippen LogP contribution in [0.15, 0.2) is 152 Å². The fourth-order valence-corrected chi connectivity index (χ4v) is 10.6. The summed E-state index contributed by atoms with van der Waals surface area (Å²) in [6.45, 7) is 14.4. The van der Waals surface area contributed by atoms with Gasteiger partial charge in [0.15, 0.2) is 0 Å². The number of nitrogens with zero attached hydrogens (tertiary/aromatic N) is 1. The maximum absolute atomic E-state index is 2.56. The molecule has 2 heterocycles. The first-order chi connectivity index (χ1) is 26.1. The van der Waals surface area contributed by atoms with E-state index in [-0.39, 0.29) is 16.2 Å². The van der Waals surface area contributed by atoms with Crippen molar-refractivity contribution in [1.82, 2.24) is 0 Å². The van der Waals surface area contributed by atoms with E-state index in [1.807, 2.05) is 0 Å². The van der Waals surface area contributed by atoms with Gasteiger partial charge in [0.05, 0.1) is 17.1 Å². The predicted molar refractivity (Wildman–Crippen MR) is 229 cm³/mol. The second-order valence-electron chi connectivity index (χ2n) is 17.3. The van der Waals surface area contributed by atoms with Crippen LogP contribution in [0.25, 0.3) is 54.9 Å². The van der Waals surface area contributed by atoms with Crippen molar-refractivity contribution in [2.75, 3.05) is 4.90 Å². The molecule has 0 saturated heterocycles. The van der Waals surface area contributed by atoms with Gasteiger partial charge in [0, 0.05) is 16.2 Å². The van der Waals surface area contributed by atoms with Gasteiger partial charge < -0.3 is 4.90 Å². The highest BCUT2D eigenvalue weighted by Gasteiger charge is 2.45. The van der Waals surface area contributed by atoms with E-state index < -0.39 is 0 Å². The Labute approximate surface area is 318 Å². The first-order valence-electron chi connectivity index (χ1n) is 19.5. The first-order valence-corrected chi connectivity index (χ1v) is 19.5. The molecular formula is C53H43N. The highest BCUT2D eigenvalue weighted by atomic mass is 15.2. The Balaban J connectivity index is 1.15. The molecule has 0 radical (unpaired) electrons. The van der Waals surface area contributed by atoms with Gasteiger partial charge >= 0.3 is 0 Å². The molecule has 1 nitrogen and oxygen atoms in total. The minimum Gasteiger partial charge on any atom is -0.309 e. The van der Waals surface area contributed by atoms with E-state index in [9.17, 15) is 0 Å². The largest absolute Gasteiger partial charge is 0.309 e. The van der Waals surface area contributed by atoms with Gasteiger partial charge in [-0.05, 0) is 113 Å². The molecule has 0 bridgehead atoms. The summed E-state index contributed by atoms with van der Waals surface area (Å²) in [6.07, 6.45) is 0. The van der Waals surface area contributed by atoms with Gasteiger partial charge in [-0.2, -0.15) is 0 Å². The Morgan fingerprint density at radius 3 is 1.39 bits per heavy atom. The topological polar surface area (TPSA) is 3.24 Å². The molecule has 0 N–H and O–H groups in total. The monoisotopic (exact) mass is 693 g/mol. The molecule has 2 aliphatic heterocycles. The molecule has 54 heavy (non-hydrogen) atoms. The first kappa shape index (κ1) is 31.6. The summed E-state index contributed by atoms with van der Waals surface area (Å²) in [7, 11) is 0. The van der Waals surface area contributed by atoms with Crippen molar-refractivity contribution in [3.63, 3.8) is 0 Å². The third-order valence-corrected chi connectivity index (χ3v) is 13.4. The van der Waals surface area contributed by atoms with Gasteiger partial charge in [-0.3, -0.25) is 0 Å². The normalized spacial score (nSPS) is 16.4. The molecule has 260 valence electrons. The standard InChI is InChI=1S/C53H43N/c1-51(2)40-21-12-11-16-34(40)35-28-26-32(30-44(35)51)48-36-17-7-9-19-38(36)49(39-20-10-8-18-37(39)48)33-27-29-47-45(31-33)53(5,6)43-24-15-23-42-50(43)54(47)46-25-14-13-22-41(46)52(42,3)4/h7-31H,1-6H3. The molecule has 11 rings (SSSR count). The molecule has 3 aliphatic rings. The number of hydrogen-bond donors (Lipinski definition) is 0. The molecule has 0 aromatic heterocycles. The second-order valence-corrected chi connectivity index (χ2v) is 17.3. The Bertz CT molecular complexity index is 2860. The van der Waals surface area contributed by atoms with Crippen LogP contribution in [0.5, 0.6) is 0 Å². The maximum Gasteiger partial charge on any atom is 0.0543 e. The summed E-state index contributed by atoms with van der Waals surface area (Å²) in [5.41, 5.74) is 19.8. The van der Waals surface area contributed by atoms with Crippen LogP contribution in [-0.4, -0.2) is 0 Å². The maximum atomic E-state index is 2.56. The average Bonchev–Trinajstić information content (AvgIpc) is 3.42. The van der Waals surface area contributed by atoms with Crippen LogP contribution in [-0.2, 0) is 16.2 Å². The SMILES string of the molecule is CC1(C)c2ccccc2-c2ccc(-c3c4ccccc4c(-c4ccc5c(c4)C(C)(C)c4cccc6c4N5c4ccccc4C6(C)C)c4ccccc34)cc21. The van der Waals surface area contributed by atoms with Crippen LogP contribution >= 0.6 is 0 Å². The number of anilines is 3. The minimum atomic E-state index is -0.199. The molecule has 1 aliphatic carbocycles. The Morgan fingerprint density at radius 1 is 0.333 bits per heavy atom. The molecule has 0 amide bonds. The molecule has 8 aromatic rings. The van der Waals surface area contributed by atoms with E-state index in [0.717, 1.165) is 0 Å². The lowest BCUT2D eigenvalue weighted by atomic mass is 9.66. The number of para-hydroxylation sites is 2. The summed E-state index contributed by atoms with van der Waals surface area (Å²) < 4.78 is 0. The van der Waals surface area contributed by atoms with Gasteiger partial charge in [-0.1, -0.05) is 169 Å². The van der Waals surface area contributed by atoms with Crippen LogP contribution in [0.3, 0.4) is 0 Å². The zero-order valence-corrected chi connectivity index (χ0v) is 31.9. The zero-order chi connectivity index (χ0) is 36.7. The third-order valence-electron chi connectivity index (χ3n) is 13.4. The number of fused-ring (bicyclic) bond motifs is 9. The Morgan fingerprint density at radius 2 is 0.759 bits per heavy atom. The summed E-state index contributed by atoms with van der Waals surface area (Å²) in [5.74, 6) is 0. The quantitative estimate of drug-likeness (QED) is 0.163. The second kappa shape index (κ2) is 10.6. The van der Waals surface area contributed by atoms with Gasteiger partial charge in [0.1, 0.15) is 0 Å². The van der Waals surface area contributed by atoms with Crippen LogP contribution in [0.1, 0.15) is 74.9 Å². The van der Waals surface area contributed by atoms with Crippen molar-refractivity contribution in [1.29, 1.82) is 0 Å².